The summed E-state index contributed by atoms with van der Waals surface area (Å²) in [4.78, 5) is 18.6. The summed E-state index contributed by atoms with van der Waals surface area (Å²) in [5.41, 5.74) is 0.625. The number of hydrogen-bond acceptors (Lipinski definition) is 5. The molecule has 0 amide bonds. The summed E-state index contributed by atoms with van der Waals surface area (Å²) in [5, 5.41) is 12.1. The Morgan fingerprint density at radius 2 is 2.26 bits per heavy atom. The van der Waals surface area contributed by atoms with Crippen molar-refractivity contribution in [2.75, 3.05) is 19.8 Å². The second kappa shape index (κ2) is 8.55. The van der Waals surface area contributed by atoms with Crippen molar-refractivity contribution < 1.29 is 14.6 Å². The van der Waals surface area contributed by atoms with Gasteiger partial charge in [-0.1, -0.05) is 13.8 Å². The summed E-state index contributed by atoms with van der Waals surface area (Å²) in [5.74, 6) is -0.363. The highest BCUT2D eigenvalue weighted by Crippen LogP contribution is 2.02. The average Bonchev–Trinajstić information content (AvgIpc) is 2.37. The van der Waals surface area contributed by atoms with Crippen LogP contribution in [0.4, 0.5) is 0 Å². The Hall–Kier alpha value is -1.53. The number of aromatic carboxylic acids is 1. The Bertz CT molecular complexity index is 396. The summed E-state index contributed by atoms with van der Waals surface area (Å²) in [6.07, 6.45) is 3.71. The molecule has 0 saturated heterocycles. The molecule has 19 heavy (non-hydrogen) atoms. The molecule has 0 aromatic carbocycles. The minimum absolute atomic E-state index is 0.135. The first-order chi connectivity index (χ1) is 9.11. The number of nitrogens with zero attached hydrogens (tertiary/aromatic N) is 2. The third-order valence-corrected chi connectivity index (χ3v) is 2.58. The smallest absolute Gasteiger partial charge is 0.339 e. The number of carboxylic acid groups (broad SMARTS) is 1. The highest BCUT2D eigenvalue weighted by Gasteiger charge is 2.10. The van der Waals surface area contributed by atoms with Gasteiger partial charge in [0.25, 0.3) is 0 Å². The van der Waals surface area contributed by atoms with Gasteiger partial charge in [-0.2, -0.15) is 0 Å². The first-order valence-electron chi connectivity index (χ1n) is 6.42. The van der Waals surface area contributed by atoms with E-state index in [1.807, 2.05) is 0 Å². The van der Waals surface area contributed by atoms with Crippen molar-refractivity contribution in [1.29, 1.82) is 0 Å². The van der Waals surface area contributed by atoms with Gasteiger partial charge in [0.1, 0.15) is 11.9 Å². The van der Waals surface area contributed by atoms with Crippen LogP contribution < -0.4 is 5.32 Å². The number of carbonyl (C=O) groups is 1. The third-order valence-electron chi connectivity index (χ3n) is 2.58. The van der Waals surface area contributed by atoms with Gasteiger partial charge in [-0.25, -0.2) is 14.8 Å². The molecule has 0 aliphatic carbocycles. The molecule has 0 aliphatic heterocycles. The molecule has 0 spiro atoms. The van der Waals surface area contributed by atoms with E-state index in [4.69, 9.17) is 9.84 Å². The van der Waals surface area contributed by atoms with Crippen molar-refractivity contribution in [2.45, 2.75) is 26.8 Å². The Labute approximate surface area is 113 Å². The predicted molar refractivity (Wildman–Crippen MR) is 71.0 cm³/mol. The predicted octanol–water partition coefficient (Wildman–Crippen LogP) is 1.33. The van der Waals surface area contributed by atoms with Crippen LogP contribution in [0, 0.1) is 5.92 Å². The zero-order valence-corrected chi connectivity index (χ0v) is 11.4. The summed E-state index contributed by atoms with van der Waals surface area (Å²) in [6.45, 7) is 6.75. The van der Waals surface area contributed by atoms with Crippen LogP contribution in [0.25, 0.3) is 0 Å². The van der Waals surface area contributed by atoms with Crippen LogP contribution in [0.15, 0.2) is 12.5 Å². The van der Waals surface area contributed by atoms with Crippen LogP contribution in [0.2, 0.25) is 0 Å². The molecule has 106 valence electrons. The molecule has 1 aromatic rings. The van der Waals surface area contributed by atoms with Crippen molar-refractivity contribution in [2.24, 2.45) is 5.92 Å². The number of ether oxygens (including phenoxy) is 1. The van der Waals surface area contributed by atoms with E-state index in [9.17, 15) is 4.79 Å². The van der Waals surface area contributed by atoms with E-state index in [1.165, 1.54) is 12.5 Å². The van der Waals surface area contributed by atoms with Crippen LogP contribution in [0.1, 0.15) is 36.3 Å². The van der Waals surface area contributed by atoms with Gasteiger partial charge < -0.3 is 15.2 Å². The van der Waals surface area contributed by atoms with E-state index in [2.05, 4.69) is 29.1 Å². The van der Waals surface area contributed by atoms with Gasteiger partial charge in [0, 0.05) is 25.9 Å². The number of rotatable bonds is 9. The van der Waals surface area contributed by atoms with Gasteiger partial charge in [0.05, 0.1) is 12.3 Å². The van der Waals surface area contributed by atoms with Gasteiger partial charge in [0.2, 0.25) is 0 Å². The summed E-state index contributed by atoms with van der Waals surface area (Å²) in [7, 11) is 0. The number of carboxylic acids is 1. The molecule has 6 heteroatoms. The highest BCUT2D eigenvalue weighted by molar-refractivity contribution is 5.88. The molecule has 1 rings (SSSR count). The van der Waals surface area contributed by atoms with Crippen molar-refractivity contribution in [3.8, 4) is 0 Å². The van der Waals surface area contributed by atoms with E-state index in [0.717, 1.165) is 13.0 Å². The van der Waals surface area contributed by atoms with E-state index in [1.54, 1.807) is 0 Å². The standard InChI is InChI=1S/C13H21N3O3/c1-10(2)3-5-19-6-4-14-8-12-11(13(17)18)7-15-9-16-12/h7,9-10,14H,3-6,8H2,1-2H3,(H,17,18). The van der Waals surface area contributed by atoms with Crippen molar-refractivity contribution in [1.82, 2.24) is 15.3 Å². The molecule has 1 heterocycles. The molecular formula is C13H21N3O3. The molecule has 0 atom stereocenters. The summed E-state index contributed by atoms with van der Waals surface area (Å²) >= 11 is 0. The second-order valence-corrected chi connectivity index (χ2v) is 4.66. The Balaban J connectivity index is 2.21. The molecular weight excluding hydrogens is 246 g/mol. The Kier molecular flexibility index (Phi) is 6.99. The van der Waals surface area contributed by atoms with Gasteiger partial charge in [0.15, 0.2) is 0 Å². The fourth-order valence-corrected chi connectivity index (χ4v) is 1.45. The Morgan fingerprint density at radius 3 is 2.95 bits per heavy atom. The molecule has 0 radical (unpaired) electrons. The lowest BCUT2D eigenvalue weighted by molar-refractivity contribution is 0.0694. The minimum Gasteiger partial charge on any atom is -0.478 e. The maximum absolute atomic E-state index is 10.9. The van der Waals surface area contributed by atoms with Gasteiger partial charge in [-0.05, 0) is 12.3 Å². The topological polar surface area (TPSA) is 84.3 Å². The molecule has 1 aromatic heterocycles. The summed E-state index contributed by atoms with van der Waals surface area (Å²) in [6, 6.07) is 0. The highest BCUT2D eigenvalue weighted by atomic mass is 16.5. The van der Waals surface area contributed by atoms with Gasteiger partial charge >= 0.3 is 5.97 Å². The van der Waals surface area contributed by atoms with E-state index < -0.39 is 5.97 Å². The SMILES string of the molecule is CC(C)CCOCCNCc1ncncc1C(=O)O. The lowest BCUT2D eigenvalue weighted by Gasteiger charge is -2.08. The molecule has 0 fully saturated rings. The maximum atomic E-state index is 10.9. The maximum Gasteiger partial charge on any atom is 0.339 e. The quantitative estimate of drug-likeness (QED) is 0.657. The molecule has 0 unspecified atom stereocenters. The van der Waals surface area contributed by atoms with Gasteiger partial charge in [-0.3, -0.25) is 0 Å². The number of nitrogens with one attached hydrogen (secondary N) is 1. The average molecular weight is 267 g/mol. The third kappa shape index (κ3) is 6.26. The lowest BCUT2D eigenvalue weighted by Crippen LogP contribution is -2.22. The van der Waals surface area contributed by atoms with Crippen LogP contribution >= 0.6 is 0 Å². The first kappa shape index (κ1) is 15.5. The zero-order chi connectivity index (χ0) is 14.1. The molecule has 0 aliphatic rings. The Morgan fingerprint density at radius 1 is 1.47 bits per heavy atom. The fraction of sp³-hybridized carbons (Fsp3) is 0.615. The molecule has 0 bridgehead atoms. The second-order valence-electron chi connectivity index (χ2n) is 4.66. The van der Waals surface area contributed by atoms with E-state index in [-0.39, 0.29) is 5.56 Å². The van der Waals surface area contributed by atoms with Crippen molar-refractivity contribution in [3.05, 3.63) is 23.8 Å². The zero-order valence-electron chi connectivity index (χ0n) is 11.4. The van der Waals surface area contributed by atoms with Crippen molar-refractivity contribution in [3.63, 3.8) is 0 Å². The van der Waals surface area contributed by atoms with E-state index >= 15 is 0 Å². The summed E-state index contributed by atoms with van der Waals surface area (Å²) < 4.78 is 5.45. The molecule has 2 N–H and O–H groups in total. The van der Waals surface area contributed by atoms with Crippen LogP contribution in [0.5, 0.6) is 0 Å². The first-order valence-corrected chi connectivity index (χ1v) is 6.42. The van der Waals surface area contributed by atoms with Crippen LogP contribution in [0.3, 0.4) is 0 Å². The van der Waals surface area contributed by atoms with Crippen LogP contribution in [-0.4, -0.2) is 40.8 Å². The monoisotopic (exact) mass is 267 g/mol. The fourth-order valence-electron chi connectivity index (χ4n) is 1.45. The van der Waals surface area contributed by atoms with E-state index in [0.29, 0.717) is 31.3 Å². The number of hydrogen-bond donors (Lipinski definition) is 2. The van der Waals surface area contributed by atoms with Crippen LogP contribution in [-0.2, 0) is 11.3 Å². The minimum atomic E-state index is -1.01. The normalized spacial score (nSPS) is 10.9. The molecule has 6 nitrogen and oxygen atoms in total. The molecule has 0 saturated carbocycles. The largest absolute Gasteiger partial charge is 0.478 e. The van der Waals surface area contributed by atoms with Gasteiger partial charge in [-0.15, -0.1) is 0 Å². The number of aromatic nitrogens is 2. The lowest BCUT2D eigenvalue weighted by atomic mass is 10.1. The van der Waals surface area contributed by atoms with Crippen molar-refractivity contribution >= 4 is 5.97 Å².